The molecule has 0 spiro atoms. The highest BCUT2D eigenvalue weighted by Crippen LogP contribution is 2.23. The van der Waals surface area contributed by atoms with E-state index in [9.17, 15) is 4.79 Å². The molecule has 2 aromatic carbocycles. The topological polar surface area (TPSA) is 83.4 Å². The van der Waals surface area contributed by atoms with Gasteiger partial charge in [-0.05, 0) is 67.8 Å². The summed E-state index contributed by atoms with van der Waals surface area (Å²) in [6, 6.07) is 15.9. The number of ether oxygens (including phenoxy) is 2. The fourth-order valence-electron chi connectivity index (χ4n) is 3.09. The van der Waals surface area contributed by atoms with Crippen molar-refractivity contribution in [3.05, 3.63) is 54.1 Å². The van der Waals surface area contributed by atoms with Gasteiger partial charge in [-0.25, -0.2) is 4.79 Å². The number of anilines is 1. The molecule has 2 amide bonds. The van der Waals surface area contributed by atoms with Gasteiger partial charge in [-0.1, -0.05) is 12.8 Å². The molecule has 1 saturated carbocycles. The van der Waals surface area contributed by atoms with Crippen LogP contribution in [0.3, 0.4) is 0 Å². The van der Waals surface area contributed by atoms with Crippen LogP contribution in [0.15, 0.2) is 48.5 Å². The fraction of sp³-hybridized carbons (Fsp3) is 0.364. The smallest absolute Gasteiger partial charge is 0.319 e. The minimum atomic E-state index is -0.235. The zero-order valence-corrected chi connectivity index (χ0v) is 15.8. The van der Waals surface area contributed by atoms with Gasteiger partial charge in [0.2, 0.25) is 0 Å². The van der Waals surface area contributed by atoms with Crippen LogP contribution in [-0.4, -0.2) is 25.3 Å². The number of rotatable bonds is 8. The van der Waals surface area contributed by atoms with Crippen molar-refractivity contribution < 1.29 is 14.3 Å². The number of carbonyl (C=O) groups is 1. The summed E-state index contributed by atoms with van der Waals surface area (Å²) < 4.78 is 11.5. The van der Waals surface area contributed by atoms with Crippen LogP contribution < -0.4 is 15.4 Å². The molecule has 3 rings (SSSR count). The minimum absolute atomic E-state index is 0.235. The van der Waals surface area contributed by atoms with Crippen LogP contribution in [0.2, 0.25) is 0 Å². The molecule has 6 nitrogen and oxygen atoms in total. The van der Waals surface area contributed by atoms with Gasteiger partial charge in [0.25, 0.3) is 0 Å². The van der Waals surface area contributed by atoms with Crippen LogP contribution in [-0.2, 0) is 4.74 Å². The van der Waals surface area contributed by atoms with E-state index < -0.39 is 0 Å². The Kier molecular flexibility index (Phi) is 7.28. The Bertz CT molecular complexity index is 791. The standard InChI is InChI=1S/C22H25N3O3/c23-16-17-6-10-20(11-7-17)28-21-12-8-18(9-13-21)25-22(26)24-14-3-15-27-19-4-1-2-5-19/h6-13,19H,1-5,14-15H2,(H2,24,25,26). The van der Waals surface area contributed by atoms with Crippen LogP contribution >= 0.6 is 0 Å². The molecule has 28 heavy (non-hydrogen) atoms. The highest BCUT2D eigenvalue weighted by molar-refractivity contribution is 5.89. The van der Waals surface area contributed by atoms with Crippen molar-refractivity contribution >= 4 is 11.7 Å². The van der Waals surface area contributed by atoms with Gasteiger partial charge in [0.05, 0.1) is 17.7 Å². The first-order valence-corrected chi connectivity index (χ1v) is 9.67. The maximum absolute atomic E-state index is 11.9. The number of hydrogen-bond acceptors (Lipinski definition) is 4. The maximum atomic E-state index is 11.9. The second-order valence-electron chi connectivity index (χ2n) is 6.77. The molecule has 146 valence electrons. The van der Waals surface area contributed by atoms with Crippen molar-refractivity contribution in [3.8, 4) is 17.6 Å². The second kappa shape index (κ2) is 10.3. The monoisotopic (exact) mass is 379 g/mol. The van der Waals surface area contributed by atoms with Gasteiger partial charge in [-0.15, -0.1) is 0 Å². The number of carbonyl (C=O) groups excluding carboxylic acids is 1. The molecule has 0 bridgehead atoms. The van der Waals surface area contributed by atoms with Gasteiger partial charge in [-0.3, -0.25) is 0 Å². The number of nitrogens with one attached hydrogen (secondary N) is 2. The number of hydrogen-bond donors (Lipinski definition) is 2. The highest BCUT2D eigenvalue weighted by atomic mass is 16.5. The molecule has 0 aliphatic heterocycles. The zero-order valence-electron chi connectivity index (χ0n) is 15.8. The first-order chi connectivity index (χ1) is 13.7. The van der Waals surface area contributed by atoms with Crippen molar-refractivity contribution in [2.75, 3.05) is 18.5 Å². The average molecular weight is 379 g/mol. The fourth-order valence-corrected chi connectivity index (χ4v) is 3.09. The Morgan fingerprint density at radius 3 is 2.32 bits per heavy atom. The van der Waals surface area contributed by atoms with Gasteiger partial charge >= 0.3 is 6.03 Å². The number of nitriles is 1. The van der Waals surface area contributed by atoms with E-state index in [0.717, 1.165) is 6.42 Å². The largest absolute Gasteiger partial charge is 0.457 e. The van der Waals surface area contributed by atoms with Crippen molar-refractivity contribution in [2.45, 2.75) is 38.2 Å². The van der Waals surface area contributed by atoms with E-state index >= 15 is 0 Å². The molecule has 0 saturated heterocycles. The summed E-state index contributed by atoms with van der Waals surface area (Å²) in [5.74, 6) is 1.30. The average Bonchev–Trinajstić information content (AvgIpc) is 3.23. The lowest BCUT2D eigenvalue weighted by atomic mass is 10.2. The molecule has 0 radical (unpaired) electrons. The summed E-state index contributed by atoms with van der Waals surface area (Å²) >= 11 is 0. The number of urea groups is 1. The highest BCUT2D eigenvalue weighted by Gasteiger charge is 2.14. The summed E-state index contributed by atoms with van der Waals surface area (Å²) in [4.78, 5) is 11.9. The van der Waals surface area contributed by atoms with Gasteiger partial charge < -0.3 is 20.1 Å². The Morgan fingerprint density at radius 1 is 1.04 bits per heavy atom. The van der Waals surface area contributed by atoms with E-state index in [2.05, 4.69) is 16.7 Å². The molecule has 2 N–H and O–H groups in total. The SMILES string of the molecule is N#Cc1ccc(Oc2ccc(NC(=O)NCCCOC3CCCC3)cc2)cc1. The van der Waals surface area contributed by atoms with Gasteiger partial charge in [0.1, 0.15) is 11.5 Å². The molecule has 6 heteroatoms. The van der Waals surface area contributed by atoms with Crippen molar-refractivity contribution in [1.82, 2.24) is 5.32 Å². The second-order valence-corrected chi connectivity index (χ2v) is 6.77. The molecule has 0 atom stereocenters. The van der Waals surface area contributed by atoms with Gasteiger partial charge in [-0.2, -0.15) is 5.26 Å². The van der Waals surface area contributed by atoms with Crippen LogP contribution in [0, 0.1) is 11.3 Å². The Labute approximate surface area is 165 Å². The van der Waals surface area contributed by atoms with E-state index in [-0.39, 0.29) is 6.03 Å². The van der Waals surface area contributed by atoms with E-state index in [4.69, 9.17) is 14.7 Å². The molecular weight excluding hydrogens is 354 g/mol. The number of nitrogens with zero attached hydrogens (tertiary/aromatic N) is 1. The lowest BCUT2D eigenvalue weighted by Crippen LogP contribution is -2.30. The molecule has 1 aliphatic rings. The number of amides is 2. The quantitative estimate of drug-likeness (QED) is 0.644. The van der Waals surface area contributed by atoms with Crippen LogP contribution in [0.1, 0.15) is 37.7 Å². The lowest BCUT2D eigenvalue weighted by Gasteiger charge is -2.12. The van der Waals surface area contributed by atoms with Crippen LogP contribution in [0.25, 0.3) is 0 Å². The summed E-state index contributed by atoms with van der Waals surface area (Å²) in [6.45, 7) is 1.27. The summed E-state index contributed by atoms with van der Waals surface area (Å²) in [7, 11) is 0. The van der Waals surface area contributed by atoms with Crippen molar-refractivity contribution in [3.63, 3.8) is 0 Å². The molecule has 1 aliphatic carbocycles. The first-order valence-electron chi connectivity index (χ1n) is 9.67. The molecule has 0 heterocycles. The molecule has 1 fully saturated rings. The molecule has 2 aromatic rings. The third-order valence-electron chi connectivity index (χ3n) is 4.59. The summed E-state index contributed by atoms with van der Waals surface area (Å²) in [6.07, 6.45) is 6.09. The lowest BCUT2D eigenvalue weighted by molar-refractivity contribution is 0.0572. The van der Waals surface area contributed by atoms with E-state index in [1.54, 1.807) is 48.5 Å². The van der Waals surface area contributed by atoms with E-state index in [1.165, 1.54) is 25.7 Å². The van der Waals surface area contributed by atoms with E-state index in [0.29, 0.717) is 42.0 Å². The predicted octanol–water partition coefficient (Wildman–Crippen LogP) is 4.82. The first kappa shape index (κ1) is 19.7. The predicted molar refractivity (Wildman–Crippen MR) is 108 cm³/mol. The van der Waals surface area contributed by atoms with Crippen molar-refractivity contribution in [2.24, 2.45) is 0 Å². The van der Waals surface area contributed by atoms with E-state index in [1.807, 2.05) is 0 Å². The van der Waals surface area contributed by atoms with Gasteiger partial charge in [0.15, 0.2) is 0 Å². The molecule has 0 aromatic heterocycles. The number of benzene rings is 2. The maximum Gasteiger partial charge on any atom is 0.319 e. The summed E-state index contributed by atoms with van der Waals surface area (Å²) in [5.41, 5.74) is 1.27. The third kappa shape index (κ3) is 6.29. The van der Waals surface area contributed by atoms with Crippen LogP contribution in [0.5, 0.6) is 11.5 Å². The zero-order chi connectivity index (χ0) is 19.6. The third-order valence-corrected chi connectivity index (χ3v) is 4.59. The van der Waals surface area contributed by atoms with Crippen LogP contribution in [0.4, 0.5) is 10.5 Å². The molecule has 0 unspecified atom stereocenters. The Morgan fingerprint density at radius 2 is 1.68 bits per heavy atom. The Hall–Kier alpha value is -3.04. The van der Waals surface area contributed by atoms with Crippen molar-refractivity contribution in [1.29, 1.82) is 5.26 Å². The normalized spacial score (nSPS) is 13.7. The summed E-state index contributed by atoms with van der Waals surface area (Å²) in [5, 5.41) is 14.4. The molecular formula is C22H25N3O3. The minimum Gasteiger partial charge on any atom is -0.457 e. The Balaban J connectivity index is 1.35. The van der Waals surface area contributed by atoms with Gasteiger partial charge in [0, 0.05) is 18.8 Å².